The molecule has 1 atom stereocenters. The molecule has 1 aromatic rings. The van der Waals surface area contributed by atoms with Crippen molar-refractivity contribution in [1.29, 1.82) is 0 Å². The van der Waals surface area contributed by atoms with E-state index in [1.165, 1.54) is 19.1 Å². The van der Waals surface area contributed by atoms with E-state index >= 15 is 0 Å². The molecule has 124 valence electrons. The standard InChI is InChI=1S/C16H20N2O5/c1-22-15(20)11-5-7-13(8-6-11)17-14(19)12-4-3-9-18(10-12)16(21)23-2/h5-8,12H,3-4,9-10H2,1-2H3,(H,17,19). The van der Waals surface area contributed by atoms with Gasteiger partial charge in [0.25, 0.3) is 0 Å². The lowest BCUT2D eigenvalue weighted by Crippen LogP contribution is -2.43. The number of methoxy groups -OCH3 is 2. The number of piperidine rings is 1. The van der Waals surface area contributed by atoms with Gasteiger partial charge in [0.1, 0.15) is 0 Å². The highest BCUT2D eigenvalue weighted by atomic mass is 16.5. The molecule has 1 heterocycles. The molecule has 2 amide bonds. The number of likely N-dealkylation sites (tertiary alicyclic amines) is 1. The quantitative estimate of drug-likeness (QED) is 0.860. The number of carbonyl (C=O) groups excluding carboxylic acids is 3. The summed E-state index contributed by atoms with van der Waals surface area (Å²) in [5.74, 6) is -0.851. The molecule has 7 heteroatoms. The smallest absolute Gasteiger partial charge is 0.409 e. The normalized spacial score (nSPS) is 17.3. The number of nitrogens with zero attached hydrogens (tertiary/aromatic N) is 1. The number of benzene rings is 1. The van der Waals surface area contributed by atoms with Gasteiger partial charge < -0.3 is 19.7 Å². The summed E-state index contributed by atoms with van der Waals surface area (Å²) >= 11 is 0. The Morgan fingerprint density at radius 3 is 2.43 bits per heavy atom. The molecule has 2 rings (SSSR count). The number of esters is 1. The summed E-state index contributed by atoms with van der Waals surface area (Å²) in [4.78, 5) is 36.8. The Kier molecular flexibility index (Phi) is 5.56. The number of amides is 2. The van der Waals surface area contributed by atoms with Gasteiger partial charge in [-0.3, -0.25) is 4.79 Å². The van der Waals surface area contributed by atoms with Crippen LogP contribution in [-0.4, -0.2) is 50.2 Å². The fourth-order valence-corrected chi connectivity index (χ4v) is 2.54. The van der Waals surface area contributed by atoms with Gasteiger partial charge in [-0.25, -0.2) is 9.59 Å². The van der Waals surface area contributed by atoms with Crippen LogP contribution in [0.15, 0.2) is 24.3 Å². The van der Waals surface area contributed by atoms with E-state index < -0.39 is 12.1 Å². The van der Waals surface area contributed by atoms with E-state index in [0.29, 0.717) is 24.3 Å². The first-order chi connectivity index (χ1) is 11.0. The molecule has 23 heavy (non-hydrogen) atoms. The molecule has 0 saturated carbocycles. The van der Waals surface area contributed by atoms with E-state index in [4.69, 9.17) is 4.74 Å². The average molecular weight is 320 g/mol. The minimum Gasteiger partial charge on any atom is -0.465 e. The Balaban J connectivity index is 1.96. The van der Waals surface area contributed by atoms with Crippen molar-refractivity contribution >= 4 is 23.7 Å². The molecule has 1 aliphatic rings. The second kappa shape index (κ2) is 7.62. The molecule has 0 aliphatic carbocycles. The van der Waals surface area contributed by atoms with Crippen molar-refractivity contribution in [3.8, 4) is 0 Å². The molecule has 1 aromatic carbocycles. The van der Waals surface area contributed by atoms with Crippen molar-refractivity contribution in [2.45, 2.75) is 12.8 Å². The second-order valence-corrected chi connectivity index (χ2v) is 5.31. The minimum atomic E-state index is -0.427. The van der Waals surface area contributed by atoms with Crippen molar-refractivity contribution in [3.05, 3.63) is 29.8 Å². The van der Waals surface area contributed by atoms with E-state index in [0.717, 1.165) is 12.8 Å². The van der Waals surface area contributed by atoms with Crippen LogP contribution in [0.25, 0.3) is 0 Å². The molecular formula is C16H20N2O5. The maximum Gasteiger partial charge on any atom is 0.409 e. The maximum atomic E-state index is 12.3. The topological polar surface area (TPSA) is 84.9 Å². The summed E-state index contributed by atoms with van der Waals surface area (Å²) in [6.45, 7) is 0.947. The lowest BCUT2D eigenvalue weighted by atomic mass is 9.97. The molecule has 7 nitrogen and oxygen atoms in total. The van der Waals surface area contributed by atoms with Gasteiger partial charge in [0.05, 0.1) is 25.7 Å². The molecule has 0 bridgehead atoms. The molecule has 1 saturated heterocycles. The largest absolute Gasteiger partial charge is 0.465 e. The number of hydrogen-bond acceptors (Lipinski definition) is 5. The van der Waals surface area contributed by atoms with Gasteiger partial charge in [-0.05, 0) is 37.1 Å². The van der Waals surface area contributed by atoms with Crippen LogP contribution in [0.2, 0.25) is 0 Å². The van der Waals surface area contributed by atoms with Crippen molar-refractivity contribution in [2.75, 3.05) is 32.6 Å². The maximum absolute atomic E-state index is 12.3. The Morgan fingerprint density at radius 1 is 1.13 bits per heavy atom. The van der Waals surface area contributed by atoms with E-state index in [1.807, 2.05) is 0 Å². The van der Waals surface area contributed by atoms with E-state index in [9.17, 15) is 14.4 Å². The summed E-state index contributed by atoms with van der Waals surface area (Å²) in [5, 5.41) is 2.80. The van der Waals surface area contributed by atoms with Crippen LogP contribution in [0, 0.1) is 5.92 Å². The summed E-state index contributed by atoms with van der Waals surface area (Å²) in [6.07, 6.45) is 1.07. The van der Waals surface area contributed by atoms with Crippen LogP contribution < -0.4 is 5.32 Å². The summed E-state index contributed by atoms with van der Waals surface area (Å²) in [6, 6.07) is 6.46. The second-order valence-electron chi connectivity index (χ2n) is 5.31. The molecule has 1 N–H and O–H groups in total. The molecule has 0 spiro atoms. The molecular weight excluding hydrogens is 300 g/mol. The highest BCUT2D eigenvalue weighted by Gasteiger charge is 2.28. The highest BCUT2D eigenvalue weighted by molar-refractivity contribution is 5.94. The third-order valence-electron chi connectivity index (χ3n) is 3.80. The van der Waals surface area contributed by atoms with Crippen molar-refractivity contribution < 1.29 is 23.9 Å². The third kappa shape index (κ3) is 4.21. The van der Waals surface area contributed by atoms with Crippen molar-refractivity contribution in [1.82, 2.24) is 4.90 Å². The Morgan fingerprint density at radius 2 is 1.83 bits per heavy atom. The molecule has 0 radical (unpaired) electrons. The van der Waals surface area contributed by atoms with E-state index in [-0.39, 0.29) is 11.8 Å². The lowest BCUT2D eigenvalue weighted by Gasteiger charge is -2.30. The van der Waals surface area contributed by atoms with Crippen molar-refractivity contribution in [2.24, 2.45) is 5.92 Å². The number of ether oxygens (including phenoxy) is 2. The van der Waals surface area contributed by atoms with Gasteiger partial charge in [0.2, 0.25) is 5.91 Å². The van der Waals surface area contributed by atoms with Crippen LogP contribution in [0.5, 0.6) is 0 Å². The van der Waals surface area contributed by atoms with Crippen LogP contribution in [0.3, 0.4) is 0 Å². The average Bonchev–Trinajstić information content (AvgIpc) is 2.61. The lowest BCUT2D eigenvalue weighted by molar-refractivity contribution is -0.121. The summed E-state index contributed by atoms with van der Waals surface area (Å²) < 4.78 is 9.32. The first-order valence-corrected chi connectivity index (χ1v) is 7.37. The van der Waals surface area contributed by atoms with Crippen LogP contribution >= 0.6 is 0 Å². The number of anilines is 1. The zero-order valence-electron chi connectivity index (χ0n) is 13.2. The van der Waals surface area contributed by atoms with Crippen LogP contribution in [0.4, 0.5) is 10.5 Å². The third-order valence-corrected chi connectivity index (χ3v) is 3.80. The molecule has 1 aliphatic heterocycles. The first kappa shape index (κ1) is 16.8. The van der Waals surface area contributed by atoms with Gasteiger partial charge in [-0.1, -0.05) is 0 Å². The zero-order chi connectivity index (χ0) is 16.8. The molecule has 1 unspecified atom stereocenters. The zero-order valence-corrected chi connectivity index (χ0v) is 13.2. The van der Waals surface area contributed by atoms with Gasteiger partial charge in [0.15, 0.2) is 0 Å². The number of hydrogen-bond donors (Lipinski definition) is 1. The number of carbonyl (C=O) groups is 3. The van der Waals surface area contributed by atoms with Crippen LogP contribution in [-0.2, 0) is 14.3 Å². The Bertz CT molecular complexity index is 585. The van der Waals surface area contributed by atoms with E-state index in [2.05, 4.69) is 10.1 Å². The fourth-order valence-electron chi connectivity index (χ4n) is 2.54. The first-order valence-electron chi connectivity index (χ1n) is 7.37. The highest BCUT2D eigenvalue weighted by Crippen LogP contribution is 2.19. The Labute approximate surface area is 134 Å². The fraction of sp³-hybridized carbons (Fsp3) is 0.438. The number of nitrogens with one attached hydrogen (secondary N) is 1. The monoisotopic (exact) mass is 320 g/mol. The predicted octanol–water partition coefficient (Wildman–Crippen LogP) is 1.89. The SMILES string of the molecule is COC(=O)c1ccc(NC(=O)C2CCCN(C(=O)OC)C2)cc1. The van der Waals surface area contributed by atoms with Gasteiger partial charge >= 0.3 is 12.1 Å². The van der Waals surface area contributed by atoms with Crippen LogP contribution in [0.1, 0.15) is 23.2 Å². The Hall–Kier alpha value is -2.57. The van der Waals surface area contributed by atoms with Gasteiger partial charge in [0, 0.05) is 18.8 Å². The number of rotatable bonds is 3. The molecule has 1 fully saturated rings. The van der Waals surface area contributed by atoms with Crippen molar-refractivity contribution in [3.63, 3.8) is 0 Å². The van der Waals surface area contributed by atoms with Gasteiger partial charge in [-0.2, -0.15) is 0 Å². The van der Waals surface area contributed by atoms with Gasteiger partial charge in [-0.15, -0.1) is 0 Å². The van der Waals surface area contributed by atoms with E-state index in [1.54, 1.807) is 24.3 Å². The predicted molar refractivity (Wildman–Crippen MR) is 83.1 cm³/mol. The summed E-state index contributed by atoms with van der Waals surface area (Å²) in [7, 11) is 2.64. The molecule has 0 aromatic heterocycles. The summed E-state index contributed by atoms with van der Waals surface area (Å²) in [5.41, 5.74) is 1.01. The minimum absolute atomic E-state index is 0.149.